The van der Waals surface area contributed by atoms with E-state index in [4.69, 9.17) is 0 Å². The summed E-state index contributed by atoms with van der Waals surface area (Å²) >= 11 is 0. The van der Waals surface area contributed by atoms with Crippen molar-refractivity contribution in [1.82, 2.24) is 15.0 Å². The number of halogens is 1. The van der Waals surface area contributed by atoms with E-state index in [1.165, 1.54) is 50.8 Å². The molecule has 2 aromatic rings. The Labute approximate surface area is 106 Å². The number of pyridine rings is 1. The normalized spacial score (nSPS) is 17.4. The first-order chi connectivity index (χ1) is 8.81. The van der Waals surface area contributed by atoms with Crippen LogP contribution in [-0.4, -0.2) is 15.0 Å². The van der Waals surface area contributed by atoms with Gasteiger partial charge in [0.1, 0.15) is 11.6 Å². The number of hydrogen-bond acceptors (Lipinski definition) is 2. The molecule has 0 atom stereocenters. The van der Waals surface area contributed by atoms with E-state index in [2.05, 4.69) is 15.0 Å². The highest BCUT2D eigenvalue weighted by molar-refractivity contribution is 5.70. The molecule has 3 nitrogen and oxygen atoms in total. The zero-order valence-electron chi connectivity index (χ0n) is 10.5. The van der Waals surface area contributed by atoms with E-state index < -0.39 is 0 Å². The van der Waals surface area contributed by atoms with Crippen LogP contribution in [0.2, 0.25) is 0 Å². The second-order valence-corrected chi connectivity index (χ2v) is 5.25. The average Bonchev–Trinajstić information content (AvgIpc) is 2.79. The molecule has 0 radical (unpaired) electrons. The molecule has 0 aliphatic heterocycles. The van der Waals surface area contributed by atoms with Crippen LogP contribution in [0.4, 0.5) is 4.39 Å². The minimum atomic E-state index is -0.315. The Morgan fingerprint density at radius 2 is 2.11 bits per heavy atom. The maximum Gasteiger partial charge on any atom is 0.177 e. The van der Waals surface area contributed by atoms with Gasteiger partial charge in [-0.3, -0.25) is 0 Å². The van der Waals surface area contributed by atoms with Gasteiger partial charge in [0.05, 0.1) is 11.7 Å². The summed E-state index contributed by atoms with van der Waals surface area (Å²) in [5.74, 6) is 1.47. The predicted octanol–water partition coefficient (Wildman–Crippen LogP) is 3.61. The molecule has 1 N–H and O–H groups in total. The van der Waals surface area contributed by atoms with Crippen LogP contribution in [0.15, 0.2) is 12.3 Å². The van der Waals surface area contributed by atoms with Gasteiger partial charge in [0.25, 0.3) is 0 Å². The van der Waals surface area contributed by atoms with Crippen molar-refractivity contribution in [2.24, 2.45) is 5.92 Å². The lowest BCUT2D eigenvalue weighted by Gasteiger charge is -2.20. The topological polar surface area (TPSA) is 41.6 Å². The van der Waals surface area contributed by atoms with Gasteiger partial charge in [0.2, 0.25) is 0 Å². The molecule has 2 aromatic heterocycles. The Morgan fingerprint density at radius 3 is 2.94 bits per heavy atom. The van der Waals surface area contributed by atoms with Gasteiger partial charge in [0.15, 0.2) is 5.65 Å². The molecule has 0 aromatic carbocycles. The van der Waals surface area contributed by atoms with Crippen molar-refractivity contribution in [1.29, 1.82) is 0 Å². The summed E-state index contributed by atoms with van der Waals surface area (Å²) in [6, 6.07) is 1.46. The number of aromatic nitrogens is 3. The highest BCUT2D eigenvalue weighted by Gasteiger charge is 2.14. The summed E-state index contributed by atoms with van der Waals surface area (Å²) in [6.07, 6.45) is 10.2. The number of aromatic amines is 1. The summed E-state index contributed by atoms with van der Waals surface area (Å²) in [4.78, 5) is 11.5. The van der Waals surface area contributed by atoms with Crippen LogP contribution in [-0.2, 0) is 6.42 Å². The number of hydrogen-bond donors (Lipinski definition) is 1. The Balaban J connectivity index is 1.67. The van der Waals surface area contributed by atoms with Crippen molar-refractivity contribution in [3.63, 3.8) is 0 Å². The number of nitrogens with one attached hydrogen (secondary N) is 1. The van der Waals surface area contributed by atoms with Gasteiger partial charge in [-0.2, -0.15) is 0 Å². The average molecular weight is 247 g/mol. The molecule has 96 valence electrons. The minimum Gasteiger partial charge on any atom is -0.341 e. The standard InChI is InChI=1S/C14H18FN3/c15-11-8-12-14(16-9-11)18-13(17-12)7-6-10-4-2-1-3-5-10/h8-10H,1-7H2,(H,16,17,18). The maximum atomic E-state index is 13.0. The van der Waals surface area contributed by atoms with Crippen molar-refractivity contribution in [3.05, 3.63) is 23.9 Å². The Kier molecular flexibility index (Phi) is 3.26. The number of rotatable bonds is 3. The largest absolute Gasteiger partial charge is 0.341 e. The molecule has 1 saturated carbocycles. The lowest BCUT2D eigenvalue weighted by atomic mass is 9.86. The van der Waals surface area contributed by atoms with Crippen LogP contribution in [0.25, 0.3) is 11.2 Å². The molecular formula is C14H18FN3. The quantitative estimate of drug-likeness (QED) is 0.900. The summed E-state index contributed by atoms with van der Waals surface area (Å²) in [6.45, 7) is 0. The van der Waals surface area contributed by atoms with E-state index in [1.54, 1.807) is 0 Å². The monoisotopic (exact) mass is 247 g/mol. The number of fused-ring (bicyclic) bond motifs is 1. The molecular weight excluding hydrogens is 229 g/mol. The number of aryl methyl sites for hydroxylation is 1. The molecule has 0 spiro atoms. The van der Waals surface area contributed by atoms with Crippen molar-refractivity contribution in [2.75, 3.05) is 0 Å². The van der Waals surface area contributed by atoms with E-state index in [0.29, 0.717) is 11.2 Å². The fourth-order valence-electron chi connectivity index (χ4n) is 2.86. The van der Waals surface area contributed by atoms with Gasteiger partial charge in [0, 0.05) is 12.5 Å². The SMILES string of the molecule is Fc1cnc2nc(CCC3CCCCC3)[nH]c2c1. The van der Waals surface area contributed by atoms with Gasteiger partial charge >= 0.3 is 0 Å². The van der Waals surface area contributed by atoms with E-state index in [-0.39, 0.29) is 5.82 Å². The first kappa shape index (κ1) is 11.6. The summed E-state index contributed by atoms with van der Waals surface area (Å²) < 4.78 is 13.0. The van der Waals surface area contributed by atoms with Crippen LogP contribution >= 0.6 is 0 Å². The molecule has 4 heteroatoms. The van der Waals surface area contributed by atoms with Crippen LogP contribution in [0.1, 0.15) is 44.3 Å². The molecule has 0 bridgehead atoms. The molecule has 3 rings (SSSR count). The third-order valence-electron chi connectivity index (χ3n) is 3.87. The van der Waals surface area contributed by atoms with E-state index in [0.717, 1.165) is 18.2 Å². The van der Waals surface area contributed by atoms with Crippen LogP contribution in [0.3, 0.4) is 0 Å². The molecule has 1 fully saturated rings. The Hall–Kier alpha value is -1.45. The van der Waals surface area contributed by atoms with Crippen molar-refractivity contribution in [3.8, 4) is 0 Å². The highest BCUT2D eigenvalue weighted by Crippen LogP contribution is 2.27. The highest BCUT2D eigenvalue weighted by atomic mass is 19.1. The number of H-pyrrole nitrogens is 1. The summed E-state index contributed by atoms with van der Waals surface area (Å²) in [5, 5.41) is 0. The van der Waals surface area contributed by atoms with E-state index in [1.807, 2.05) is 0 Å². The van der Waals surface area contributed by atoms with Crippen LogP contribution < -0.4 is 0 Å². The predicted molar refractivity (Wildman–Crippen MR) is 68.7 cm³/mol. The Bertz CT molecular complexity index is 529. The first-order valence-corrected chi connectivity index (χ1v) is 6.81. The third-order valence-corrected chi connectivity index (χ3v) is 3.87. The smallest absolute Gasteiger partial charge is 0.177 e. The molecule has 0 amide bonds. The van der Waals surface area contributed by atoms with Gasteiger partial charge in [-0.25, -0.2) is 14.4 Å². The lowest BCUT2D eigenvalue weighted by molar-refractivity contribution is 0.337. The minimum absolute atomic E-state index is 0.315. The third kappa shape index (κ3) is 2.52. The second-order valence-electron chi connectivity index (χ2n) is 5.25. The van der Waals surface area contributed by atoms with E-state index >= 15 is 0 Å². The van der Waals surface area contributed by atoms with Crippen LogP contribution in [0.5, 0.6) is 0 Å². The van der Waals surface area contributed by atoms with Gasteiger partial charge in [-0.1, -0.05) is 32.1 Å². The number of imidazole rings is 1. The maximum absolute atomic E-state index is 13.0. The summed E-state index contributed by atoms with van der Waals surface area (Å²) in [7, 11) is 0. The molecule has 0 saturated heterocycles. The summed E-state index contributed by atoms with van der Waals surface area (Å²) in [5.41, 5.74) is 1.32. The van der Waals surface area contributed by atoms with Gasteiger partial charge < -0.3 is 4.98 Å². The first-order valence-electron chi connectivity index (χ1n) is 6.81. The fraction of sp³-hybridized carbons (Fsp3) is 0.571. The Morgan fingerprint density at radius 1 is 1.28 bits per heavy atom. The fourth-order valence-corrected chi connectivity index (χ4v) is 2.86. The van der Waals surface area contributed by atoms with Gasteiger partial charge in [-0.15, -0.1) is 0 Å². The van der Waals surface area contributed by atoms with Gasteiger partial charge in [-0.05, 0) is 12.3 Å². The van der Waals surface area contributed by atoms with Crippen molar-refractivity contribution < 1.29 is 4.39 Å². The molecule has 2 heterocycles. The van der Waals surface area contributed by atoms with Crippen LogP contribution in [0, 0.1) is 11.7 Å². The second kappa shape index (κ2) is 5.04. The van der Waals surface area contributed by atoms with Crippen molar-refractivity contribution >= 4 is 11.2 Å². The lowest BCUT2D eigenvalue weighted by Crippen LogP contribution is -2.07. The van der Waals surface area contributed by atoms with E-state index in [9.17, 15) is 4.39 Å². The zero-order valence-corrected chi connectivity index (χ0v) is 10.5. The zero-order chi connectivity index (χ0) is 12.4. The molecule has 0 unspecified atom stereocenters. The molecule has 1 aliphatic rings. The molecule has 18 heavy (non-hydrogen) atoms. The van der Waals surface area contributed by atoms with Crippen molar-refractivity contribution in [2.45, 2.75) is 44.9 Å². The molecule has 1 aliphatic carbocycles. The number of nitrogens with zero attached hydrogens (tertiary/aromatic N) is 2.